The minimum Gasteiger partial charge on any atom is -0.476 e. The van der Waals surface area contributed by atoms with Gasteiger partial charge in [-0.2, -0.15) is 0 Å². The first-order chi connectivity index (χ1) is 8.58. The lowest BCUT2D eigenvalue weighted by Crippen LogP contribution is -2.22. The number of ether oxygens (including phenoxy) is 1. The van der Waals surface area contributed by atoms with Gasteiger partial charge in [0, 0.05) is 12.5 Å². The SMILES string of the molecule is CC(C)c1ncc(NC2CCOC2)c(C(=O)O)n1. The zero-order valence-electron chi connectivity index (χ0n) is 10.5. The third-order valence-electron chi connectivity index (χ3n) is 2.82. The summed E-state index contributed by atoms with van der Waals surface area (Å²) in [4.78, 5) is 19.5. The van der Waals surface area contributed by atoms with Gasteiger partial charge in [0.25, 0.3) is 0 Å². The van der Waals surface area contributed by atoms with Gasteiger partial charge in [-0.05, 0) is 6.42 Å². The summed E-state index contributed by atoms with van der Waals surface area (Å²) in [6, 6.07) is 0.136. The molecule has 2 heterocycles. The summed E-state index contributed by atoms with van der Waals surface area (Å²) in [5.41, 5.74) is 0.489. The lowest BCUT2D eigenvalue weighted by Gasteiger charge is -2.14. The van der Waals surface area contributed by atoms with Crippen molar-refractivity contribution in [1.82, 2.24) is 9.97 Å². The fraction of sp³-hybridized carbons (Fsp3) is 0.583. The van der Waals surface area contributed by atoms with Crippen molar-refractivity contribution in [2.24, 2.45) is 0 Å². The molecule has 0 radical (unpaired) electrons. The van der Waals surface area contributed by atoms with E-state index in [2.05, 4.69) is 15.3 Å². The molecule has 2 N–H and O–H groups in total. The predicted octanol–water partition coefficient (Wildman–Crippen LogP) is 1.50. The minimum atomic E-state index is -1.04. The molecule has 98 valence electrons. The molecule has 6 nitrogen and oxygen atoms in total. The standard InChI is InChI=1S/C12H17N3O3/c1-7(2)11-13-5-9(10(15-11)12(16)17)14-8-3-4-18-6-8/h5,7-8,14H,3-4,6H2,1-2H3,(H,16,17). The summed E-state index contributed by atoms with van der Waals surface area (Å²) >= 11 is 0. The molecule has 1 aliphatic rings. The van der Waals surface area contributed by atoms with Crippen LogP contribution in [-0.4, -0.2) is 40.3 Å². The molecule has 0 amide bonds. The molecule has 18 heavy (non-hydrogen) atoms. The second kappa shape index (κ2) is 5.30. The lowest BCUT2D eigenvalue weighted by atomic mass is 10.2. The summed E-state index contributed by atoms with van der Waals surface area (Å²) in [5.74, 6) is -0.395. The molecule has 1 fully saturated rings. The monoisotopic (exact) mass is 251 g/mol. The van der Waals surface area contributed by atoms with E-state index in [-0.39, 0.29) is 17.7 Å². The van der Waals surface area contributed by atoms with Gasteiger partial charge in [0.15, 0.2) is 5.69 Å². The smallest absolute Gasteiger partial charge is 0.356 e. The van der Waals surface area contributed by atoms with Gasteiger partial charge in [0.2, 0.25) is 0 Å². The normalized spacial score (nSPS) is 19.2. The van der Waals surface area contributed by atoms with E-state index in [0.717, 1.165) is 6.42 Å². The Balaban J connectivity index is 2.25. The fourth-order valence-electron chi connectivity index (χ4n) is 1.81. The van der Waals surface area contributed by atoms with Crippen molar-refractivity contribution in [3.05, 3.63) is 17.7 Å². The molecule has 0 spiro atoms. The Morgan fingerprint density at radius 3 is 2.94 bits per heavy atom. The number of nitrogens with one attached hydrogen (secondary N) is 1. The van der Waals surface area contributed by atoms with Gasteiger partial charge >= 0.3 is 5.97 Å². The Kier molecular flexibility index (Phi) is 3.76. The van der Waals surface area contributed by atoms with Crippen molar-refractivity contribution in [2.75, 3.05) is 18.5 Å². The van der Waals surface area contributed by atoms with Gasteiger partial charge in [-0.15, -0.1) is 0 Å². The van der Waals surface area contributed by atoms with Crippen LogP contribution in [0.2, 0.25) is 0 Å². The summed E-state index contributed by atoms with van der Waals surface area (Å²) in [7, 11) is 0. The molecule has 1 unspecified atom stereocenters. The zero-order chi connectivity index (χ0) is 13.1. The quantitative estimate of drug-likeness (QED) is 0.843. The van der Waals surface area contributed by atoms with Crippen LogP contribution in [0, 0.1) is 0 Å². The van der Waals surface area contributed by atoms with Gasteiger partial charge in [-0.1, -0.05) is 13.8 Å². The van der Waals surface area contributed by atoms with Crippen LogP contribution >= 0.6 is 0 Å². The maximum atomic E-state index is 11.2. The fourth-order valence-corrected chi connectivity index (χ4v) is 1.81. The molecule has 1 aliphatic heterocycles. The number of aromatic nitrogens is 2. The molecule has 1 aromatic heterocycles. The predicted molar refractivity (Wildman–Crippen MR) is 65.9 cm³/mol. The molecule has 0 bridgehead atoms. The Hall–Kier alpha value is -1.69. The number of carbonyl (C=O) groups is 1. The average Bonchev–Trinajstić information content (AvgIpc) is 2.81. The first kappa shape index (κ1) is 12.8. The Labute approximate surface area is 105 Å². The summed E-state index contributed by atoms with van der Waals surface area (Å²) < 4.78 is 5.24. The molecule has 2 rings (SSSR count). The first-order valence-electron chi connectivity index (χ1n) is 6.02. The van der Waals surface area contributed by atoms with Crippen molar-refractivity contribution in [3.8, 4) is 0 Å². The summed E-state index contributed by atoms with van der Waals surface area (Å²) in [6.07, 6.45) is 2.41. The number of carboxylic acid groups (broad SMARTS) is 1. The van der Waals surface area contributed by atoms with E-state index in [1.54, 1.807) is 6.20 Å². The van der Waals surface area contributed by atoms with Gasteiger partial charge < -0.3 is 15.2 Å². The number of nitrogens with zero attached hydrogens (tertiary/aromatic N) is 2. The highest BCUT2D eigenvalue weighted by Gasteiger charge is 2.20. The molecule has 1 aromatic rings. The first-order valence-corrected chi connectivity index (χ1v) is 6.02. The average molecular weight is 251 g/mol. The molecule has 0 aromatic carbocycles. The zero-order valence-corrected chi connectivity index (χ0v) is 10.5. The van der Waals surface area contributed by atoms with E-state index < -0.39 is 5.97 Å². The van der Waals surface area contributed by atoms with Crippen molar-refractivity contribution in [1.29, 1.82) is 0 Å². The number of anilines is 1. The van der Waals surface area contributed by atoms with Crippen LogP contribution in [0.25, 0.3) is 0 Å². The number of carboxylic acids is 1. The molecule has 0 aliphatic carbocycles. The maximum Gasteiger partial charge on any atom is 0.356 e. The van der Waals surface area contributed by atoms with E-state index in [4.69, 9.17) is 4.74 Å². The Bertz CT molecular complexity index is 442. The number of hydrogen-bond acceptors (Lipinski definition) is 5. The Morgan fingerprint density at radius 2 is 2.39 bits per heavy atom. The van der Waals surface area contributed by atoms with Gasteiger partial charge in [-0.3, -0.25) is 0 Å². The summed E-state index contributed by atoms with van der Waals surface area (Å²) in [5, 5.41) is 12.3. The van der Waals surface area contributed by atoms with Crippen LogP contribution in [0.1, 0.15) is 42.5 Å². The molecular formula is C12H17N3O3. The van der Waals surface area contributed by atoms with E-state index in [1.165, 1.54) is 0 Å². The summed E-state index contributed by atoms with van der Waals surface area (Å²) in [6.45, 7) is 5.15. The molecule has 6 heteroatoms. The van der Waals surface area contributed by atoms with Gasteiger partial charge in [-0.25, -0.2) is 14.8 Å². The third-order valence-corrected chi connectivity index (χ3v) is 2.82. The number of hydrogen-bond donors (Lipinski definition) is 2. The van der Waals surface area contributed by atoms with Gasteiger partial charge in [0.05, 0.1) is 24.5 Å². The lowest BCUT2D eigenvalue weighted by molar-refractivity contribution is 0.0691. The second-order valence-electron chi connectivity index (χ2n) is 4.66. The molecule has 1 saturated heterocycles. The Morgan fingerprint density at radius 1 is 1.61 bits per heavy atom. The van der Waals surface area contributed by atoms with Crippen LogP contribution in [0.5, 0.6) is 0 Å². The van der Waals surface area contributed by atoms with Crippen molar-refractivity contribution >= 4 is 11.7 Å². The highest BCUT2D eigenvalue weighted by atomic mass is 16.5. The van der Waals surface area contributed by atoms with Crippen LogP contribution < -0.4 is 5.32 Å². The second-order valence-corrected chi connectivity index (χ2v) is 4.66. The van der Waals surface area contributed by atoms with E-state index in [0.29, 0.717) is 24.7 Å². The van der Waals surface area contributed by atoms with Crippen molar-refractivity contribution in [3.63, 3.8) is 0 Å². The van der Waals surface area contributed by atoms with Gasteiger partial charge in [0.1, 0.15) is 5.82 Å². The molecule has 1 atom stereocenters. The third kappa shape index (κ3) is 2.76. The molecular weight excluding hydrogens is 234 g/mol. The van der Waals surface area contributed by atoms with Crippen LogP contribution in [-0.2, 0) is 4.74 Å². The number of aromatic carboxylic acids is 1. The van der Waals surface area contributed by atoms with Crippen molar-refractivity contribution in [2.45, 2.75) is 32.2 Å². The van der Waals surface area contributed by atoms with E-state index in [9.17, 15) is 9.90 Å². The maximum absolute atomic E-state index is 11.2. The van der Waals surface area contributed by atoms with Crippen LogP contribution in [0.4, 0.5) is 5.69 Å². The topological polar surface area (TPSA) is 84.3 Å². The molecule has 0 saturated carbocycles. The minimum absolute atomic E-state index is 0.0283. The van der Waals surface area contributed by atoms with Crippen LogP contribution in [0.15, 0.2) is 6.20 Å². The van der Waals surface area contributed by atoms with Crippen LogP contribution in [0.3, 0.4) is 0 Å². The van der Waals surface area contributed by atoms with E-state index >= 15 is 0 Å². The number of rotatable bonds is 4. The van der Waals surface area contributed by atoms with Crippen molar-refractivity contribution < 1.29 is 14.6 Å². The largest absolute Gasteiger partial charge is 0.476 e. The highest BCUT2D eigenvalue weighted by molar-refractivity contribution is 5.91. The highest BCUT2D eigenvalue weighted by Crippen LogP contribution is 2.19. The van der Waals surface area contributed by atoms with E-state index in [1.807, 2.05) is 13.8 Å².